The highest BCUT2D eigenvalue weighted by molar-refractivity contribution is 6.18. The minimum absolute atomic E-state index is 0.873. The van der Waals surface area contributed by atoms with Crippen LogP contribution in [0.15, 0.2) is 199 Å². The SMILES string of the molecule is c1ccc(-c2ccc(N(c3ccc4ccc5ccccc5c4c3)c3ccc4c(c3)c3ccccc3n4-c3ccccc3)c3c2oc2ccccc23)cc1. The van der Waals surface area contributed by atoms with Gasteiger partial charge in [-0.3, -0.25) is 0 Å². The zero-order chi connectivity index (χ0) is 34.9. The van der Waals surface area contributed by atoms with Gasteiger partial charge in [-0.1, -0.05) is 127 Å². The van der Waals surface area contributed by atoms with E-state index in [2.05, 4.69) is 204 Å². The van der Waals surface area contributed by atoms with Gasteiger partial charge in [0.05, 0.1) is 22.1 Å². The number of hydrogen-bond acceptors (Lipinski definition) is 2. The number of aromatic nitrogens is 1. The Morgan fingerprint density at radius 2 is 1.02 bits per heavy atom. The second-order valence-corrected chi connectivity index (χ2v) is 13.7. The molecule has 11 aromatic rings. The summed E-state index contributed by atoms with van der Waals surface area (Å²) >= 11 is 0. The fourth-order valence-electron chi connectivity index (χ4n) is 8.35. The Labute approximate surface area is 306 Å². The van der Waals surface area contributed by atoms with Crippen molar-refractivity contribution in [3.05, 3.63) is 194 Å². The van der Waals surface area contributed by atoms with Crippen LogP contribution in [0.2, 0.25) is 0 Å². The van der Waals surface area contributed by atoms with Crippen LogP contribution in [-0.2, 0) is 0 Å². The van der Waals surface area contributed by atoms with Crippen molar-refractivity contribution < 1.29 is 4.42 Å². The second-order valence-electron chi connectivity index (χ2n) is 13.7. The van der Waals surface area contributed by atoms with Crippen molar-refractivity contribution in [2.24, 2.45) is 0 Å². The highest BCUT2D eigenvalue weighted by Crippen LogP contribution is 2.47. The molecule has 0 unspecified atom stereocenters. The van der Waals surface area contributed by atoms with Gasteiger partial charge in [0.25, 0.3) is 0 Å². The summed E-state index contributed by atoms with van der Waals surface area (Å²) in [7, 11) is 0. The fraction of sp³-hybridized carbons (Fsp3) is 0. The fourth-order valence-corrected chi connectivity index (χ4v) is 8.35. The van der Waals surface area contributed by atoms with Gasteiger partial charge < -0.3 is 13.9 Å². The summed E-state index contributed by atoms with van der Waals surface area (Å²) in [6.45, 7) is 0. The van der Waals surface area contributed by atoms with Crippen LogP contribution in [0.3, 0.4) is 0 Å². The maximum atomic E-state index is 6.78. The molecule has 53 heavy (non-hydrogen) atoms. The Morgan fingerprint density at radius 1 is 0.415 bits per heavy atom. The Hall–Kier alpha value is -7.10. The molecule has 2 aromatic heterocycles. The van der Waals surface area contributed by atoms with Gasteiger partial charge in [-0.25, -0.2) is 0 Å². The number of rotatable bonds is 5. The first-order valence-corrected chi connectivity index (χ1v) is 18.1. The minimum atomic E-state index is 0.873. The maximum Gasteiger partial charge on any atom is 0.145 e. The Kier molecular flexibility index (Phi) is 6.55. The molecule has 0 atom stereocenters. The monoisotopic (exact) mass is 676 g/mol. The van der Waals surface area contributed by atoms with Crippen LogP contribution < -0.4 is 4.90 Å². The lowest BCUT2D eigenvalue weighted by molar-refractivity contribution is 0.670. The zero-order valence-corrected chi connectivity index (χ0v) is 28.8. The van der Waals surface area contributed by atoms with Gasteiger partial charge >= 0.3 is 0 Å². The molecule has 0 aliphatic heterocycles. The van der Waals surface area contributed by atoms with E-state index in [0.717, 1.165) is 55.8 Å². The summed E-state index contributed by atoms with van der Waals surface area (Å²) in [5.74, 6) is 0. The van der Waals surface area contributed by atoms with Gasteiger partial charge in [-0.2, -0.15) is 0 Å². The van der Waals surface area contributed by atoms with Crippen molar-refractivity contribution in [3.8, 4) is 16.8 Å². The largest absolute Gasteiger partial charge is 0.455 e. The number of furan rings is 1. The lowest BCUT2D eigenvalue weighted by Gasteiger charge is -2.27. The van der Waals surface area contributed by atoms with Crippen molar-refractivity contribution in [2.75, 3.05) is 4.90 Å². The highest BCUT2D eigenvalue weighted by Gasteiger charge is 2.23. The van der Waals surface area contributed by atoms with E-state index in [-0.39, 0.29) is 0 Å². The van der Waals surface area contributed by atoms with E-state index in [1.807, 2.05) is 0 Å². The van der Waals surface area contributed by atoms with Crippen molar-refractivity contribution >= 4 is 82.4 Å². The third-order valence-corrected chi connectivity index (χ3v) is 10.7. The standard InChI is InChI=1S/C50H32N2O/c1-3-13-33(14-4-1)40-28-30-47(49-42-20-10-12-22-48(42)53-50(40)49)51(37-26-25-35-24-23-34-15-7-8-18-39(34)43(35)31-37)38-27-29-46-44(32-38)41-19-9-11-21-45(41)52(46)36-16-5-2-6-17-36/h1-32H. The minimum Gasteiger partial charge on any atom is -0.455 e. The maximum absolute atomic E-state index is 6.78. The normalized spacial score (nSPS) is 11.8. The number of nitrogens with zero attached hydrogens (tertiary/aromatic N) is 2. The average molecular weight is 677 g/mol. The Morgan fingerprint density at radius 3 is 1.85 bits per heavy atom. The quantitative estimate of drug-likeness (QED) is 0.169. The molecule has 9 aromatic carbocycles. The number of benzene rings is 9. The molecular formula is C50H32N2O. The lowest BCUT2D eigenvalue weighted by atomic mass is 9.98. The number of para-hydroxylation sites is 3. The van der Waals surface area contributed by atoms with Gasteiger partial charge in [0.2, 0.25) is 0 Å². The van der Waals surface area contributed by atoms with E-state index in [4.69, 9.17) is 4.42 Å². The molecule has 248 valence electrons. The molecule has 3 heteroatoms. The van der Waals surface area contributed by atoms with Crippen molar-refractivity contribution in [1.29, 1.82) is 0 Å². The molecule has 0 saturated heterocycles. The lowest BCUT2D eigenvalue weighted by Crippen LogP contribution is -2.10. The highest BCUT2D eigenvalue weighted by atomic mass is 16.3. The molecule has 0 bridgehead atoms. The molecule has 0 aliphatic rings. The summed E-state index contributed by atoms with van der Waals surface area (Å²) < 4.78 is 9.15. The van der Waals surface area contributed by atoms with Crippen LogP contribution in [0, 0.1) is 0 Å². The van der Waals surface area contributed by atoms with Crippen LogP contribution in [0.5, 0.6) is 0 Å². The van der Waals surface area contributed by atoms with E-state index >= 15 is 0 Å². The Balaban J connectivity index is 1.23. The molecule has 0 aliphatic carbocycles. The van der Waals surface area contributed by atoms with Crippen LogP contribution >= 0.6 is 0 Å². The zero-order valence-electron chi connectivity index (χ0n) is 28.8. The number of hydrogen-bond donors (Lipinski definition) is 0. The van der Waals surface area contributed by atoms with Crippen LogP contribution in [0.25, 0.3) is 82.1 Å². The predicted octanol–water partition coefficient (Wildman–Crippen LogP) is 14.1. The summed E-state index contributed by atoms with van der Waals surface area (Å²) in [5.41, 5.74) is 10.7. The summed E-state index contributed by atoms with van der Waals surface area (Å²) in [4.78, 5) is 2.42. The molecule has 0 spiro atoms. The second kappa shape index (κ2) is 11.7. The van der Waals surface area contributed by atoms with Crippen molar-refractivity contribution in [2.45, 2.75) is 0 Å². The van der Waals surface area contributed by atoms with Crippen molar-refractivity contribution in [3.63, 3.8) is 0 Å². The molecular weight excluding hydrogens is 645 g/mol. The molecule has 11 rings (SSSR count). The first-order valence-electron chi connectivity index (χ1n) is 18.1. The smallest absolute Gasteiger partial charge is 0.145 e. The van der Waals surface area contributed by atoms with Gasteiger partial charge in [0.15, 0.2) is 0 Å². The molecule has 0 saturated carbocycles. The van der Waals surface area contributed by atoms with E-state index in [9.17, 15) is 0 Å². The summed E-state index contributed by atoms with van der Waals surface area (Å²) in [5, 5.41) is 9.51. The summed E-state index contributed by atoms with van der Waals surface area (Å²) in [6, 6.07) is 69.7. The molecule has 0 amide bonds. The van der Waals surface area contributed by atoms with E-state index in [1.54, 1.807) is 0 Å². The van der Waals surface area contributed by atoms with Gasteiger partial charge in [0.1, 0.15) is 11.2 Å². The average Bonchev–Trinajstić information content (AvgIpc) is 3.78. The van der Waals surface area contributed by atoms with E-state index in [0.29, 0.717) is 0 Å². The van der Waals surface area contributed by atoms with Crippen LogP contribution in [0.1, 0.15) is 0 Å². The molecule has 3 nitrogen and oxygen atoms in total. The molecule has 0 N–H and O–H groups in total. The molecule has 2 heterocycles. The third-order valence-electron chi connectivity index (χ3n) is 10.7. The van der Waals surface area contributed by atoms with E-state index < -0.39 is 0 Å². The van der Waals surface area contributed by atoms with Crippen LogP contribution in [-0.4, -0.2) is 4.57 Å². The topological polar surface area (TPSA) is 21.3 Å². The number of fused-ring (bicyclic) bond motifs is 9. The van der Waals surface area contributed by atoms with E-state index in [1.165, 1.54) is 43.4 Å². The first kappa shape index (κ1) is 29.6. The third kappa shape index (κ3) is 4.61. The predicted molar refractivity (Wildman–Crippen MR) is 223 cm³/mol. The molecule has 0 fully saturated rings. The van der Waals surface area contributed by atoms with Gasteiger partial charge in [-0.15, -0.1) is 0 Å². The Bertz CT molecular complexity index is 3170. The first-order chi connectivity index (χ1) is 26.3. The number of anilines is 3. The van der Waals surface area contributed by atoms with Crippen molar-refractivity contribution in [1.82, 2.24) is 4.57 Å². The van der Waals surface area contributed by atoms with Gasteiger partial charge in [0, 0.05) is 38.8 Å². The summed E-state index contributed by atoms with van der Waals surface area (Å²) in [6.07, 6.45) is 0. The molecule has 0 radical (unpaired) electrons. The van der Waals surface area contributed by atoms with Gasteiger partial charge in [-0.05, 0) is 93.8 Å². The van der Waals surface area contributed by atoms with Crippen LogP contribution in [0.4, 0.5) is 17.1 Å².